The van der Waals surface area contributed by atoms with E-state index >= 15 is 0 Å². The van der Waals surface area contributed by atoms with Gasteiger partial charge in [0.2, 0.25) is 5.88 Å². The summed E-state index contributed by atoms with van der Waals surface area (Å²) in [5.41, 5.74) is 7.17. The van der Waals surface area contributed by atoms with Crippen molar-refractivity contribution in [2.75, 3.05) is 5.73 Å². The lowest BCUT2D eigenvalue weighted by Crippen LogP contribution is -1.96. The molecule has 6 heteroatoms. The molecule has 0 atom stereocenters. The van der Waals surface area contributed by atoms with E-state index in [-0.39, 0.29) is 5.88 Å². The van der Waals surface area contributed by atoms with Crippen molar-refractivity contribution in [2.24, 2.45) is 0 Å². The van der Waals surface area contributed by atoms with Crippen LogP contribution in [-0.4, -0.2) is 4.98 Å². The van der Waals surface area contributed by atoms with Gasteiger partial charge >= 0.3 is 0 Å². The van der Waals surface area contributed by atoms with E-state index in [9.17, 15) is 0 Å². The average molecular weight is 304 g/mol. The van der Waals surface area contributed by atoms with Crippen molar-refractivity contribution in [3.05, 3.63) is 45.0 Å². The first-order valence-corrected chi connectivity index (χ1v) is 6.15. The summed E-state index contributed by atoms with van der Waals surface area (Å²) in [7, 11) is 0. The van der Waals surface area contributed by atoms with Gasteiger partial charge in [-0.3, -0.25) is 0 Å². The Labute approximate surface area is 119 Å². The zero-order chi connectivity index (χ0) is 13.3. The highest BCUT2D eigenvalue weighted by molar-refractivity contribution is 6.43. The summed E-state index contributed by atoms with van der Waals surface area (Å²) in [4.78, 5) is 4.08. The number of halogens is 3. The van der Waals surface area contributed by atoms with Gasteiger partial charge in [0, 0.05) is 12.3 Å². The molecule has 0 saturated carbocycles. The molecule has 2 N–H and O–H groups in total. The van der Waals surface area contributed by atoms with Crippen molar-refractivity contribution in [2.45, 2.75) is 6.92 Å². The summed E-state index contributed by atoms with van der Waals surface area (Å²) in [5.74, 6) is 0.634. The molecule has 0 saturated heterocycles. The number of rotatable bonds is 2. The number of anilines is 1. The van der Waals surface area contributed by atoms with Gasteiger partial charge in [0.25, 0.3) is 0 Å². The SMILES string of the molecule is Cc1cnc(Oc2cc(Cl)c(Cl)cc2Cl)c(N)c1. The second-order valence-corrected chi connectivity index (χ2v) is 4.93. The van der Waals surface area contributed by atoms with Crippen molar-refractivity contribution >= 4 is 40.5 Å². The fraction of sp³-hybridized carbons (Fsp3) is 0.0833. The Balaban J connectivity index is 2.37. The largest absolute Gasteiger partial charge is 0.435 e. The summed E-state index contributed by atoms with van der Waals surface area (Å²) in [6.07, 6.45) is 1.65. The number of nitrogen functional groups attached to an aromatic ring is 1. The number of pyridine rings is 1. The van der Waals surface area contributed by atoms with Crippen LogP contribution in [0.15, 0.2) is 24.4 Å². The van der Waals surface area contributed by atoms with E-state index < -0.39 is 0 Å². The highest BCUT2D eigenvalue weighted by atomic mass is 35.5. The van der Waals surface area contributed by atoms with Crippen LogP contribution in [0.5, 0.6) is 11.6 Å². The Bertz CT molecular complexity index is 602. The molecule has 0 fully saturated rings. The lowest BCUT2D eigenvalue weighted by Gasteiger charge is -2.10. The summed E-state index contributed by atoms with van der Waals surface area (Å²) in [6, 6.07) is 4.78. The monoisotopic (exact) mass is 302 g/mol. The lowest BCUT2D eigenvalue weighted by molar-refractivity contribution is 0.465. The Morgan fingerprint density at radius 1 is 1.06 bits per heavy atom. The molecule has 0 amide bonds. The summed E-state index contributed by atoms with van der Waals surface area (Å²) in [6.45, 7) is 1.89. The van der Waals surface area contributed by atoms with Crippen LogP contribution in [-0.2, 0) is 0 Å². The molecule has 94 valence electrons. The second kappa shape index (κ2) is 5.22. The molecule has 0 radical (unpaired) electrons. The molecule has 0 aliphatic rings. The molecule has 1 aromatic heterocycles. The van der Waals surface area contributed by atoms with Crippen molar-refractivity contribution in [1.82, 2.24) is 4.98 Å². The van der Waals surface area contributed by atoms with Crippen molar-refractivity contribution < 1.29 is 4.74 Å². The lowest BCUT2D eigenvalue weighted by atomic mass is 10.3. The van der Waals surface area contributed by atoms with Crippen LogP contribution < -0.4 is 10.5 Å². The van der Waals surface area contributed by atoms with E-state index in [1.807, 2.05) is 6.92 Å². The van der Waals surface area contributed by atoms with Gasteiger partial charge in [0.1, 0.15) is 5.75 Å². The Morgan fingerprint density at radius 3 is 2.39 bits per heavy atom. The normalized spacial score (nSPS) is 10.4. The highest BCUT2D eigenvalue weighted by Gasteiger charge is 2.10. The maximum atomic E-state index is 6.00. The number of nitrogens with zero attached hydrogens (tertiary/aromatic N) is 1. The third kappa shape index (κ3) is 2.80. The molecule has 0 aliphatic heterocycles. The van der Waals surface area contributed by atoms with Crippen molar-refractivity contribution in [3.63, 3.8) is 0 Å². The van der Waals surface area contributed by atoms with Crippen molar-refractivity contribution in [3.8, 4) is 11.6 Å². The van der Waals surface area contributed by atoms with Gasteiger partial charge in [-0.05, 0) is 24.6 Å². The standard InChI is InChI=1S/C12H9Cl3N2O/c1-6-2-10(16)12(17-5-6)18-11-4-8(14)7(13)3-9(11)15/h2-5H,16H2,1H3. The predicted octanol–water partition coefficient (Wildman–Crippen LogP) is 4.72. The second-order valence-electron chi connectivity index (χ2n) is 3.71. The maximum absolute atomic E-state index is 6.00. The molecule has 2 aromatic rings. The number of ether oxygens (including phenoxy) is 1. The van der Waals surface area contributed by atoms with Gasteiger partial charge in [0.05, 0.1) is 20.8 Å². The third-order valence-corrected chi connectivity index (χ3v) is 3.21. The molecule has 1 aromatic carbocycles. The summed E-state index contributed by atoms with van der Waals surface area (Å²) < 4.78 is 5.52. The first-order chi connectivity index (χ1) is 8.47. The van der Waals surface area contributed by atoms with Crippen LogP contribution in [0, 0.1) is 6.92 Å². The fourth-order valence-electron chi connectivity index (χ4n) is 1.35. The zero-order valence-electron chi connectivity index (χ0n) is 9.38. The van der Waals surface area contributed by atoms with Gasteiger partial charge in [-0.15, -0.1) is 0 Å². The Kier molecular flexibility index (Phi) is 3.85. The minimum atomic E-state index is 0.279. The van der Waals surface area contributed by atoms with Crippen LogP contribution >= 0.6 is 34.8 Å². The van der Waals surface area contributed by atoms with Crippen LogP contribution in [0.2, 0.25) is 15.1 Å². The van der Waals surface area contributed by atoms with E-state index in [1.54, 1.807) is 12.3 Å². The van der Waals surface area contributed by atoms with Gasteiger partial charge < -0.3 is 10.5 Å². The quantitative estimate of drug-likeness (QED) is 0.816. The third-order valence-electron chi connectivity index (χ3n) is 2.20. The van der Waals surface area contributed by atoms with E-state index in [1.165, 1.54) is 12.1 Å². The highest BCUT2D eigenvalue weighted by Crippen LogP contribution is 2.37. The van der Waals surface area contributed by atoms with Crippen molar-refractivity contribution in [1.29, 1.82) is 0 Å². The Hall–Kier alpha value is -1.16. The number of hydrogen-bond acceptors (Lipinski definition) is 3. The number of nitrogens with two attached hydrogens (primary N) is 1. The molecular formula is C12H9Cl3N2O. The van der Waals surface area contributed by atoms with E-state index in [4.69, 9.17) is 45.3 Å². The molecular weight excluding hydrogens is 295 g/mol. The minimum Gasteiger partial charge on any atom is -0.435 e. The smallest absolute Gasteiger partial charge is 0.242 e. The van der Waals surface area contributed by atoms with Crippen LogP contribution in [0.25, 0.3) is 0 Å². The fourth-order valence-corrected chi connectivity index (χ4v) is 1.93. The molecule has 2 rings (SSSR count). The summed E-state index contributed by atoms with van der Waals surface area (Å²) in [5, 5.41) is 1.05. The average Bonchev–Trinajstić information content (AvgIpc) is 2.29. The topological polar surface area (TPSA) is 48.1 Å². The molecule has 0 unspecified atom stereocenters. The molecule has 18 heavy (non-hydrogen) atoms. The summed E-state index contributed by atoms with van der Waals surface area (Å²) >= 11 is 17.7. The number of benzene rings is 1. The first-order valence-electron chi connectivity index (χ1n) is 5.02. The van der Waals surface area contributed by atoms with E-state index in [2.05, 4.69) is 4.98 Å². The maximum Gasteiger partial charge on any atom is 0.242 e. The van der Waals surface area contributed by atoms with Gasteiger partial charge in [-0.2, -0.15) is 0 Å². The molecule has 0 aliphatic carbocycles. The van der Waals surface area contributed by atoms with E-state index in [0.29, 0.717) is 26.5 Å². The molecule has 0 spiro atoms. The van der Waals surface area contributed by atoms with Crippen LogP contribution in [0.1, 0.15) is 5.56 Å². The van der Waals surface area contributed by atoms with Crippen LogP contribution in [0.4, 0.5) is 5.69 Å². The van der Waals surface area contributed by atoms with Gasteiger partial charge in [-0.1, -0.05) is 34.8 Å². The van der Waals surface area contributed by atoms with Gasteiger partial charge in [-0.25, -0.2) is 4.98 Å². The van der Waals surface area contributed by atoms with Crippen LogP contribution in [0.3, 0.4) is 0 Å². The van der Waals surface area contributed by atoms with E-state index in [0.717, 1.165) is 5.56 Å². The molecule has 1 heterocycles. The molecule has 0 bridgehead atoms. The minimum absolute atomic E-state index is 0.279. The number of hydrogen-bond donors (Lipinski definition) is 1. The zero-order valence-corrected chi connectivity index (χ0v) is 11.6. The van der Waals surface area contributed by atoms with Gasteiger partial charge in [0.15, 0.2) is 0 Å². The number of aryl methyl sites for hydroxylation is 1. The first kappa shape index (κ1) is 13.3. The number of aromatic nitrogens is 1. The Morgan fingerprint density at radius 2 is 1.72 bits per heavy atom. The predicted molar refractivity (Wildman–Crippen MR) is 74.9 cm³/mol. The molecule has 3 nitrogen and oxygen atoms in total.